The van der Waals surface area contributed by atoms with Crippen molar-refractivity contribution in [2.24, 2.45) is 0 Å². The van der Waals surface area contributed by atoms with E-state index in [9.17, 15) is 9.90 Å². The summed E-state index contributed by atoms with van der Waals surface area (Å²) in [6.45, 7) is 0. The van der Waals surface area contributed by atoms with Crippen molar-refractivity contribution in [2.45, 2.75) is 0 Å². The first-order chi connectivity index (χ1) is 9.52. The van der Waals surface area contributed by atoms with E-state index in [4.69, 9.17) is 16.3 Å². The number of nitrogens with zero attached hydrogens (tertiary/aromatic N) is 1. The Hall–Kier alpha value is -2.20. The van der Waals surface area contributed by atoms with Gasteiger partial charge in [-0.2, -0.15) is 0 Å². The van der Waals surface area contributed by atoms with Crippen molar-refractivity contribution in [3.63, 3.8) is 0 Å². The van der Waals surface area contributed by atoms with E-state index in [0.29, 0.717) is 16.5 Å². The highest BCUT2D eigenvalue weighted by atomic mass is 35.5. The number of hydrogen-bond donors (Lipinski definition) is 1. The fourth-order valence-corrected chi connectivity index (χ4v) is 1.97. The lowest BCUT2D eigenvalue weighted by Gasteiger charge is -2.18. The zero-order valence-electron chi connectivity index (χ0n) is 11.1. The van der Waals surface area contributed by atoms with Crippen LogP contribution in [0.1, 0.15) is 10.4 Å². The van der Waals surface area contributed by atoms with E-state index in [2.05, 4.69) is 0 Å². The minimum Gasteiger partial charge on any atom is -0.507 e. The summed E-state index contributed by atoms with van der Waals surface area (Å²) in [5.41, 5.74) is 0.816. The van der Waals surface area contributed by atoms with Crippen molar-refractivity contribution >= 4 is 23.2 Å². The monoisotopic (exact) mass is 291 g/mol. The third-order valence-corrected chi connectivity index (χ3v) is 3.17. The topological polar surface area (TPSA) is 49.8 Å². The molecule has 0 unspecified atom stereocenters. The number of ether oxygens (including phenoxy) is 1. The number of amides is 1. The molecule has 5 heteroatoms. The second-order valence-corrected chi connectivity index (χ2v) is 4.66. The Balaban J connectivity index is 2.34. The zero-order chi connectivity index (χ0) is 14.7. The SMILES string of the molecule is COc1cccc(N(C)C(=O)c2cc(Cl)ccc2O)c1. The number of benzene rings is 2. The van der Waals surface area contributed by atoms with E-state index in [1.807, 2.05) is 0 Å². The molecule has 0 aliphatic rings. The Morgan fingerprint density at radius 3 is 2.70 bits per heavy atom. The van der Waals surface area contributed by atoms with Crippen LogP contribution in [0.3, 0.4) is 0 Å². The highest BCUT2D eigenvalue weighted by molar-refractivity contribution is 6.31. The molecule has 0 fully saturated rings. The Labute approximate surface area is 122 Å². The van der Waals surface area contributed by atoms with Crippen LogP contribution in [0.2, 0.25) is 5.02 Å². The summed E-state index contributed by atoms with van der Waals surface area (Å²) in [5, 5.41) is 10.2. The lowest BCUT2D eigenvalue weighted by Crippen LogP contribution is -2.26. The van der Waals surface area contributed by atoms with Gasteiger partial charge in [0.05, 0.1) is 12.7 Å². The number of aromatic hydroxyl groups is 1. The fourth-order valence-electron chi connectivity index (χ4n) is 1.80. The second-order valence-electron chi connectivity index (χ2n) is 4.23. The summed E-state index contributed by atoms with van der Waals surface area (Å²) >= 11 is 5.86. The van der Waals surface area contributed by atoms with Gasteiger partial charge in [-0.25, -0.2) is 0 Å². The molecular formula is C15H14ClNO3. The standard InChI is InChI=1S/C15H14ClNO3/c1-17(11-4-3-5-12(9-11)20-2)15(19)13-8-10(16)6-7-14(13)18/h3-9,18H,1-2H3. The van der Waals surface area contributed by atoms with Crippen LogP contribution in [0.5, 0.6) is 11.5 Å². The van der Waals surface area contributed by atoms with Gasteiger partial charge in [0.2, 0.25) is 0 Å². The minimum atomic E-state index is -0.349. The lowest BCUT2D eigenvalue weighted by molar-refractivity contribution is 0.0990. The van der Waals surface area contributed by atoms with Crippen molar-refractivity contribution in [1.82, 2.24) is 0 Å². The quantitative estimate of drug-likeness (QED) is 0.943. The van der Waals surface area contributed by atoms with Gasteiger partial charge in [0.1, 0.15) is 11.5 Å². The van der Waals surface area contributed by atoms with E-state index in [1.165, 1.54) is 23.1 Å². The zero-order valence-corrected chi connectivity index (χ0v) is 11.9. The number of carbonyl (C=O) groups is 1. The summed E-state index contributed by atoms with van der Waals surface area (Å²) in [4.78, 5) is 13.8. The molecule has 0 aliphatic carbocycles. The number of phenolic OH excluding ortho intramolecular Hbond substituents is 1. The van der Waals surface area contributed by atoms with Crippen molar-refractivity contribution in [3.8, 4) is 11.5 Å². The maximum atomic E-state index is 12.4. The van der Waals surface area contributed by atoms with Gasteiger partial charge in [0.15, 0.2) is 0 Å². The number of methoxy groups -OCH3 is 1. The summed E-state index contributed by atoms with van der Waals surface area (Å²) in [7, 11) is 3.18. The molecule has 104 valence electrons. The molecule has 0 atom stereocenters. The molecular weight excluding hydrogens is 278 g/mol. The predicted molar refractivity (Wildman–Crippen MR) is 78.8 cm³/mol. The highest BCUT2D eigenvalue weighted by Gasteiger charge is 2.17. The number of hydrogen-bond acceptors (Lipinski definition) is 3. The van der Waals surface area contributed by atoms with E-state index < -0.39 is 0 Å². The summed E-state index contributed by atoms with van der Waals surface area (Å²) in [6, 6.07) is 11.5. The molecule has 1 N–H and O–H groups in total. The Morgan fingerprint density at radius 2 is 2.00 bits per heavy atom. The Kier molecular flexibility index (Phi) is 4.15. The molecule has 0 bridgehead atoms. The molecule has 0 saturated heterocycles. The van der Waals surface area contributed by atoms with Gasteiger partial charge in [-0.15, -0.1) is 0 Å². The van der Waals surface area contributed by atoms with Crippen LogP contribution in [0.4, 0.5) is 5.69 Å². The van der Waals surface area contributed by atoms with Gasteiger partial charge in [0.25, 0.3) is 5.91 Å². The lowest BCUT2D eigenvalue weighted by atomic mass is 10.1. The Bertz CT molecular complexity index is 643. The molecule has 2 rings (SSSR count). The number of phenols is 1. The summed E-state index contributed by atoms with van der Waals surface area (Å²) in [6.07, 6.45) is 0. The van der Waals surface area contributed by atoms with E-state index in [1.54, 1.807) is 38.4 Å². The van der Waals surface area contributed by atoms with Gasteiger partial charge in [0, 0.05) is 23.8 Å². The second kappa shape index (κ2) is 5.84. The normalized spacial score (nSPS) is 10.2. The van der Waals surface area contributed by atoms with Crippen molar-refractivity contribution in [1.29, 1.82) is 0 Å². The van der Waals surface area contributed by atoms with Gasteiger partial charge >= 0.3 is 0 Å². The van der Waals surface area contributed by atoms with E-state index in [-0.39, 0.29) is 17.2 Å². The predicted octanol–water partition coefficient (Wildman–Crippen LogP) is 3.33. The molecule has 0 spiro atoms. The molecule has 0 saturated carbocycles. The molecule has 2 aromatic rings. The summed E-state index contributed by atoms with van der Waals surface area (Å²) < 4.78 is 5.12. The maximum absolute atomic E-state index is 12.4. The van der Waals surface area contributed by atoms with Crippen LogP contribution in [-0.2, 0) is 0 Å². The molecule has 0 heterocycles. The first-order valence-corrected chi connectivity index (χ1v) is 6.31. The summed E-state index contributed by atoms with van der Waals surface area (Å²) in [5.74, 6) is 0.199. The van der Waals surface area contributed by atoms with Gasteiger partial charge in [-0.1, -0.05) is 17.7 Å². The number of rotatable bonds is 3. The van der Waals surface area contributed by atoms with E-state index >= 15 is 0 Å². The van der Waals surface area contributed by atoms with Crippen LogP contribution in [0.25, 0.3) is 0 Å². The first kappa shape index (κ1) is 14.2. The molecule has 4 nitrogen and oxygen atoms in total. The number of halogens is 1. The molecule has 20 heavy (non-hydrogen) atoms. The third-order valence-electron chi connectivity index (χ3n) is 2.93. The van der Waals surface area contributed by atoms with E-state index in [0.717, 1.165) is 0 Å². The Morgan fingerprint density at radius 1 is 1.25 bits per heavy atom. The smallest absolute Gasteiger partial charge is 0.261 e. The van der Waals surface area contributed by atoms with Crippen molar-refractivity contribution in [2.75, 3.05) is 19.1 Å². The average Bonchev–Trinajstić information content (AvgIpc) is 2.48. The molecule has 2 aromatic carbocycles. The van der Waals surface area contributed by atoms with Crippen LogP contribution >= 0.6 is 11.6 Å². The van der Waals surface area contributed by atoms with Gasteiger partial charge < -0.3 is 14.7 Å². The molecule has 1 amide bonds. The van der Waals surface area contributed by atoms with Crippen LogP contribution in [-0.4, -0.2) is 25.2 Å². The van der Waals surface area contributed by atoms with Crippen molar-refractivity contribution < 1.29 is 14.6 Å². The third kappa shape index (κ3) is 2.86. The maximum Gasteiger partial charge on any atom is 0.261 e. The first-order valence-electron chi connectivity index (χ1n) is 5.93. The van der Waals surface area contributed by atoms with Crippen LogP contribution in [0, 0.1) is 0 Å². The number of carbonyl (C=O) groups excluding carboxylic acids is 1. The molecule has 0 aromatic heterocycles. The minimum absolute atomic E-state index is 0.103. The largest absolute Gasteiger partial charge is 0.507 e. The van der Waals surface area contributed by atoms with Gasteiger partial charge in [-0.3, -0.25) is 4.79 Å². The van der Waals surface area contributed by atoms with Crippen LogP contribution < -0.4 is 9.64 Å². The number of anilines is 1. The molecule has 0 radical (unpaired) electrons. The average molecular weight is 292 g/mol. The van der Waals surface area contributed by atoms with Crippen LogP contribution in [0.15, 0.2) is 42.5 Å². The van der Waals surface area contributed by atoms with Crippen molar-refractivity contribution in [3.05, 3.63) is 53.1 Å². The molecule has 0 aliphatic heterocycles. The van der Waals surface area contributed by atoms with Gasteiger partial charge in [-0.05, 0) is 30.3 Å². The fraction of sp³-hybridized carbons (Fsp3) is 0.133. The highest BCUT2D eigenvalue weighted by Crippen LogP contribution is 2.26.